The third kappa shape index (κ3) is 7.79. The molecule has 0 aliphatic heterocycles. The molecule has 2 aromatic rings. The van der Waals surface area contributed by atoms with Crippen LogP contribution in [0, 0.1) is 0 Å². The van der Waals surface area contributed by atoms with E-state index in [1.54, 1.807) is 26.4 Å². The number of benzene rings is 1. The Morgan fingerprint density at radius 2 is 1.86 bits per heavy atom. The normalized spacial score (nSPS) is 11.4. The van der Waals surface area contributed by atoms with Crippen LogP contribution in [0.2, 0.25) is 0 Å². The lowest BCUT2D eigenvalue weighted by Gasteiger charge is -2.10. The summed E-state index contributed by atoms with van der Waals surface area (Å²) in [6, 6.07) is 6.21. The smallest absolute Gasteiger partial charge is 0.433 e. The van der Waals surface area contributed by atoms with Crippen LogP contribution in [0.5, 0.6) is 11.5 Å². The summed E-state index contributed by atoms with van der Waals surface area (Å²) in [5, 5.41) is 5.54. The van der Waals surface area contributed by atoms with Crippen molar-refractivity contribution in [3.63, 3.8) is 0 Å². The van der Waals surface area contributed by atoms with Crippen molar-refractivity contribution in [2.75, 3.05) is 32.6 Å². The van der Waals surface area contributed by atoms with Gasteiger partial charge >= 0.3 is 6.18 Å². The summed E-state index contributed by atoms with van der Waals surface area (Å²) < 4.78 is 48.2. The van der Waals surface area contributed by atoms with Gasteiger partial charge in [0.05, 0.1) is 20.8 Å². The van der Waals surface area contributed by atoms with Crippen LogP contribution in [-0.2, 0) is 12.7 Å². The number of halogens is 4. The highest BCUT2D eigenvalue weighted by atomic mass is 127. The highest BCUT2D eigenvalue weighted by molar-refractivity contribution is 14.0. The SMILES string of the molecule is COc1ccc(CN=C(N)NCCNc2nccc(C(F)(F)F)n2)cc1OC.I. The van der Waals surface area contributed by atoms with Crippen molar-refractivity contribution >= 4 is 35.9 Å². The van der Waals surface area contributed by atoms with Gasteiger partial charge in [-0.1, -0.05) is 6.07 Å². The van der Waals surface area contributed by atoms with Crippen molar-refractivity contribution in [1.29, 1.82) is 0 Å². The number of aromatic nitrogens is 2. The van der Waals surface area contributed by atoms with Gasteiger partial charge in [-0.2, -0.15) is 13.2 Å². The summed E-state index contributed by atoms with van der Waals surface area (Å²) in [4.78, 5) is 11.3. The van der Waals surface area contributed by atoms with Crippen LogP contribution < -0.4 is 25.8 Å². The first-order valence-electron chi connectivity index (χ1n) is 8.22. The van der Waals surface area contributed by atoms with E-state index in [0.29, 0.717) is 24.6 Å². The minimum atomic E-state index is -4.52. The maximum Gasteiger partial charge on any atom is 0.433 e. The molecule has 0 saturated heterocycles. The molecule has 0 aliphatic rings. The number of rotatable bonds is 8. The van der Waals surface area contributed by atoms with Gasteiger partial charge in [0, 0.05) is 19.3 Å². The number of hydrogen-bond acceptors (Lipinski definition) is 6. The average molecular weight is 526 g/mol. The Hall–Kier alpha value is -2.51. The molecule has 12 heteroatoms. The monoisotopic (exact) mass is 526 g/mol. The van der Waals surface area contributed by atoms with Crippen molar-refractivity contribution in [3.05, 3.63) is 41.7 Å². The van der Waals surface area contributed by atoms with E-state index >= 15 is 0 Å². The number of ether oxygens (including phenoxy) is 2. The first-order chi connectivity index (χ1) is 13.3. The molecule has 4 N–H and O–H groups in total. The molecule has 0 spiro atoms. The number of nitrogens with one attached hydrogen (secondary N) is 2. The van der Waals surface area contributed by atoms with E-state index in [1.165, 1.54) is 0 Å². The van der Waals surface area contributed by atoms with Crippen LogP contribution in [-0.4, -0.2) is 43.2 Å². The minimum Gasteiger partial charge on any atom is -0.493 e. The molecular formula is C17H22F3IN6O2. The second-order valence-corrected chi connectivity index (χ2v) is 5.51. The minimum absolute atomic E-state index is 0. The molecule has 0 amide bonds. The summed E-state index contributed by atoms with van der Waals surface area (Å²) in [5.74, 6) is 1.29. The first kappa shape index (κ1) is 24.5. The molecule has 0 saturated carbocycles. The molecule has 1 aromatic carbocycles. The maximum atomic E-state index is 12.6. The maximum absolute atomic E-state index is 12.6. The van der Waals surface area contributed by atoms with E-state index in [9.17, 15) is 13.2 Å². The molecule has 8 nitrogen and oxygen atoms in total. The summed E-state index contributed by atoms with van der Waals surface area (Å²) in [6.07, 6.45) is -3.47. The Labute approximate surface area is 183 Å². The van der Waals surface area contributed by atoms with Gasteiger partial charge in [0.2, 0.25) is 5.95 Å². The van der Waals surface area contributed by atoms with E-state index in [4.69, 9.17) is 15.2 Å². The average Bonchev–Trinajstić information content (AvgIpc) is 2.69. The Morgan fingerprint density at radius 1 is 1.14 bits per heavy atom. The zero-order chi connectivity index (χ0) is 20.6. The second kappa shape index (κ2) is 11.5. The van der Waals surface area contributed by atoms with Gasteiger partial charge in [-0.05, 0) is 23.8 Å². The van der Waals surface area contributed by atoms with Crippen LogP contribution in [0.4, 0.5) is 19.1 Å². The molecule has 1 aromatic heterocycles. The molecule has 0 unspecified atom stereocenters. The molecule has 160 valence electrons. The van der Waals surface area contributed by atoms with Crippen molar-refractivity contribution < 1.29 is 22.6 Å². The van der Waals surface area contributed by atoms with Crippen molar-refractivity contribution in [2.24, 2.45) is 10.7 Å². The lowest BCUT2D eigenvalue weighted by molar-refractivity contribution is -0.141. The van der Waals surface area contributed by atoms with E-state index in [0.717, 1.165) is 17.8 Å². The van der Waals surface area contributed by atoms with E-state index in [1.807, 2.05) is 6.07 Å². The zero-order valence-corrected chi connectivity index (χ0v) is 18.1. The van der Waals surface area contributed by atoms with Crippen molar-refractivity contribution in [2.45, 2.75) is 12.7 Å². The number of guanidine groups is 1. The van der Waals surface area contributed by atoms with Gasteiger partial charge in [-0.15, -0.1) is 24.0 Å². The molecule has 2 rings (SSSR count). The number of hydrogen-bond donors (Lipinski definition) is 3. The Bertz CT molecular complexity index is 820. The molecule has 1 heterocycles. The Balaban J connectivity index is 0.00000420. The fraction of sp³-hybridized carbons (Fsp3) is 0.353. The summed E-state index contributed by atoms with van der Waals surface area (Å²) >= 11 is 0. The van der Waals surface area contributed by atoms with E-state index in [2.05, 4.69) is 25.6 Å². The van der Waals surface area contributed by atoms with Crippen LogP contribution >= 0.6 is 24.0 Å². The molecule has 0 atom stereocenters. The molecular weight excluding hydrogens is 504 g/mol. The van der Waals surface area contributed by atoms with Gasteiger partial charge in [-0.25, -0.2) is 15.0 Å². The van der Waals surface area contributed by atoms with Crippen molar-refractivity contribution in [1.82, 2.24) is 15.3 Å². The molecule has 0 radical (unpaired) electrons. The number of aliphatic imine (C=N–C) groups is 1. The lowest BCUT2D eigenvalue weighted by atomic mass is 10.2. The van der Waals surface area contributed by atoms with Crippen LogP contribution in [0.15, 0.2) is 35.5 Å². The molecule has 0 aliphatic carbocycles. The fourth-order valence-electron chi connectivity index (χ4n) is 2.18. The fourth-order valence-corrected chi connectivity index (χ4v) is 2.18. The Kier molecular flexibility index (Phi) is 9.71. The third-order valence-corrected chi connectivity index (χ3v) is 3.54. The third-order valence-electron chi connectivity index (χ3n) is 3.54. The van der Waals surface area contributed by atoms with Gasteiger partial charge in [0.1, 0.15) is 5.69 Å². The van der Waals surface area contributed by atoms with E-state index in [-0.39, 0.29) is 42.4 Å². The van der Waals surface area contributed by atoms with E-state index < -0.39 is 11.9 Å². The molecule has 29 heavy (non-hydrogen) atoms. The predicted molar refractivity (Wildman–Crippen MR) is 114 cm³/mol. The summed E-state index contributed by atoms with van der Waals surface area (Å²) in [7, 11) is 3.10. The van der Waals surface area contributed by atoms with Crippen LogP contribution in [0.3, 0.4) is 0 Å². The second-order valence-electron chi connectivity index (χ2n) is 5.51. The highest BCUT2D eigenvalue weighted by Crippen LogP contribution is 2.28. The first-order valence-corrected chi connectivity index (χ1v) is 8.22. The van der Waals surface area contributed by atoms with Crippen molar-refractivity contribution in [3.8, 4) is 11.5 Å². The van der Waals surface area contributed by atoms with Crippen LogP contribution in [0.25, 0.3) is 0 Å². The standard InChI is InChI=1S/C17H21F3N6O2.HI/c1-27-12-4-3-11(9-13(12)28-2)10-25-15(21)22-7-8-24-16-23-6-5-14(26-16)17(18,19)20;/h3-6,9H,7-8,10H2,1-2H3,(H3,21,22,25)(H,23,24,26);1H. The topological polar surface area (TPSA) is 107 Å². The van der Waals surface area contributed by atoms with Crippen LogP contribution in [0.1, 0.15) is 11.3 Å². The molecule has 0 fully saturated rings. The Morgan fingerprint density at radius 3 is 2.52 bits per heavy atom. The van der Waals surface area contributed by atoms with Gasteiger partial charge < -0.3 is 25.8 Å². The number of nitrogens with zero attached hydrogens (tertiary/aromatic N) is 3. The number of methoxy groups -OCH3 is 2. The summed E-state index contributed by atoms with van der Waals surface area (Å²) in [5.41, 5.74) is 5.65. The zero-order valence-electron chi connectivity index (χ0n) is 15.8. The molecule has 0 bridgehead atoms. The lowest BCUT2D eigenvalue weighted by Crippen LogP contribution is -2.35. The quantitative estimate of drug-likeness (QED) is 0.210. The van der Waals surface area contributed by atoms with Gasteiger partial charge in [0.15, 0.2) is 17.5 Å². The largest absolute Gasteiger partial charge is 0.493 e. The van der Waals surface area contributed by atoms with Gasteiger partial charge in [-0.3, -0.25) is 0 Å². The number of alkyl halides is 3. The number of nitrogens with two attached hydrogens (primary N) is 1. The van der Waals surface area contributed by atoms with Gasteiger partial charge in [0.25, 0.3) is 0 Å². The predicted octanol–water partition coefficient (Wildman–Crippen LogP) is 2.65. The summed E-state index contributed by atoms with van der Waals surface area (Å²) in [6.45, 7) is 0.901. The number of anilines is 1. The highest BCUT2D eigenvalue weighted by Gasteiger charge is 2.32.